The predicted molar refractivity (Wildman–Crippen MR) is 98.0 cm³/mol. The maximum atomic E-state index is 6.94. The monoisotopic (exact) mass is 321 g/mol. The van der Waals surface area contributed by atoms with Crippen molar-refractivity contribution >= 4 is 0 Å². The van der Waals surface area contributed by atoms with Crippen LogP contribution in [0.1, 0.15) is 49.3 Å². The second-order valence-electron chi connectivity index (χ2n) is 7.74. The van der Waals surface area contributed by atoms with E-state index in [-0.39, 0.29) is 11.2 Å². The van der Waals surface area contributed by atoms with Gasteiger partial charge in [0.2, 0.25) is 0 Å². The van der Waals surface area contributed by atoms with Crippen LogP contribution in [-0.2, 0) is 15.9 Å². The molecule has 24 heavy (non-hydrogen) atoms. The van der Waals surface area contributed by atoms with Crippen molar-refractivity contribution in [2.75, 3.05) is 14.1 Å². The van der Waals surface area contributed by atoms with Crippen LogP contribution in [0.15, 0.2) is 54.6 Å². The summed E-state index contributed by atoms with van der Waals surface area (Å²) in [4.78, 5) is 2.37. The van der Waals surface area contributed by atoms with Gasteiger partial charge < -0.3 is 9.64 Å². The van der Waals surface area contributed by atoms with Crippen molar-refractivity contribution in [1.29, 1.82) is 0 Å². The van der Waals surface area contributed by atoms with Crippen LogP contribution in [0.25, 0.3) is 0 Å². The molecule has 2 aromatic rings. The molecule has 0 radical (unpaired) electrons. The first kappa shape index (κ1) is 15.9. The molecule has 2 aromatic carbocycles. The number of benzene rings is 2. The fourth-order valence-corrected chi connectivity index (χ4v) is 4.72. The Labute approximate surface area is 145 Å². The van der Waals surface area contributed by atoms with Gasteiger partial charge in [0.05, 0.1) is 5.60 Å². The largest absolute Gasteiger partial charge is 0.355 e. The molecule has 0 amide bonds. The summed E-state index contributed by atoms with van der Waals surface area (Å²) in [5.41, 5.74) is 3.55. The quantitative estimate of drug-likeness (QED) is 0.796. The summed E-state index contributed by atoms with van der Waals surface area (Å²) >= 11 is 0. The zero-order valence-electron chi connectivity index (χ0n) is 15.0. The summed E-state index contributed by atoms with van der Waals surface area (Å²) in [5, 5.41) is 0. The van der Waals surface area contributed by atoms with E-state index < -0.39 is 0 Å². The molecule has 0 unspecified atom stereocenters. The minimum atomic E-state index is -0.344. The second kappa shape index (κ2) is 5.72. The van der Waals surface area contributed by atoms with Gasteiger partial charge in [-0.3, -0.25) is 0 Å². The molecule has 1 saturated carbocycles. The molecular formula is C22H27NO. The second-order valence-corrected chi connectivity index (χ2v) is 7.74. The van der Waals surface area contributed by atoms with E-state index in [4.69, 9.17) is 4.74 Å². The molecule has 1 aliphatic carbocycles. The zero-order chi connectivity index (χ0) is 16.8. The fourth-order valence-electron chi connectivity index (χ4n) is 4.72. The number of rotatable bonds is 2. The highest BCUT2D eigenvalue weighted by atomic mass is 16.5. The predicted octanol–water partition coefficient (Wildman–Crippen LogP) is 4.68. The molecule has 0 saturated heterocycles. The van der Waals surface area contributed by atoms with Gasteiger partial charge in [-0.2, -0.15) is 0 Å². The van der Waals surface area contributed by atoms with Crippen LogP contribution in [0.2, 0.25) is 0 Å². The average Bonchev–Trinajstić information content (AvgIpc) is 2.86. The standard InChI is InChI=1S/C22H27NO/c1-21(17-9-5-4-6-10-17)19-11-7-8-12-20(19)22(24-21)15-13-18(14-16-22)23(2)3/h4-12,18H,13-16H2,1-3H3/t18?,21-,22?/m1/s1. The van der Waals surface area contributed by atoms with Crippen LogP contribution in [0.3, 0.4) is 0 Å². The molecule has 1 spiro atoms. The van der Waals surface area contributed by atoms with Gasteiger partial charge in [0.25, 0.3) is 0 Å². The molecule has 4 rings (SSSR count). The van der Waals surface area contributed by atoms with Crippen LogP contribution in [0.4, 0.5) is 0 Å². The molecule has 1 fully saturated rings. The molecule has 2 nitrogen and oxygen atoms in total. The first-order chi connectivity index (χ1) is 11.6. The van der Waals surface area contributed by atoms with Gasteiger partial charge >= 0.3 is 0 Å². The highest BCUT2D eigenvalue weighted by Crippen LogP contribution is 2.56. The summed E-state index contributed by atoms with van der Waals surface area (Å²) in [5.74, 6) is 0. The Morgan fingerprint density at radius 2 is 1.46 bits per heavy atom. The Hall–Kier alpha value is -1.64. The van der Waals surface area contributed by atoms with E-state index in [1.807, 2.05) is 0 Å². The molecule has 2 heteroatoms. The number of hydrogen-bond acceptors (Lipinski definition) is 2. The Bertz CT molecular complexity index is 716. The number of nitrogens with zero attached hydrogens (tertiary/aromatic N) is 1. The summed E-state index contributed by atoms with van der Waals surface area (Å²) in [6, 6.07) is 20.2. The van der Waals surface area contributed by atoms with E-state index in [9.17, 15) is 0 Å². The third-order valence-corrected chi connectivity index (χ3v) is 6.15. The zero-order valence-corrected chi connectivity index (χ0v) is 15.0. The van der Waals surface area contributed by atoms with E-state index in [1.54, 1.807) is 0 Å². The summed E-state index contributed by atoms with van der Waals surface area (Å²) < 4.78 is 6.94. The molecule has 1 atom stereocenters. The molecular weight excluding hydrogens is 294 g/mol. The lowest BCUT2D eigenvalue weighted by Gasteiger charge is -2.41. The smallest absolute Gasteiger partial charge is 0.117 e. The van der Waals surface area contributed by atoms with Crippen molar-refractivity contribution in [3.05, 3.63) is 71.3 Å². The maximum Gasteiger partial charge on any atom is 0.117 e. The number of ether oxygens (including phenoxy) is 1. The Kier molecular flexibility index (Phi) is 3.78. The van der Waals surface area contributed by atoms with Crippen LogP contribution >= 0.6 is 0 Å². The molecule has 2 aliphatic rings. The van der Waals surface area contributed by atoms with E-state index in [1.165, 1.54) is 29.5 Å². The van der Waals surface area contributed by atoms with Gasteiger partial charge in [-0.05, 0) is 63.4 Å². The SMILES string of the molecule is CN(C)C1CCC2(CC1)O[C@](C)(c1ccccc1)c1ccccc12. The van der Waals surface area contributed by atoms with Crippen LogP contribution in [0, 0.1) is 0 Å². The highest BCUT2D eigenvalue weighted by molar-refractivity contribution is 5.47. The van der Waals surface area contributed by atoms with E-state index in [0.717, 1.165) is 12.8 Å². The van der Waals surface area contributed by atoms with Crippen molar-refractivity contribution in [3.8, 4) is 0 Å². The summed E-state index contributed by atoms with van der Waals surface area (Å²) in [7, 11) is 4.39. The Morgan fingerprint density at radius 1 is 0.875 bits per heavy atom. The molecule has 0 N–H and O–H groups in total. The third kappa shape index (κ3) is 2.32. The first-order valence-corrected chi connectivity index (χ1v) is 9.07. The lowest BCUT2D eigenvalue weighted by molar-refractivity contribution is -0.137. The van der Waals surface area contributed by atoms with Gasteiger partial charge in [0.1, 0.15) is 5.60 Å². The maximum absolute atomic E-state index is 6.94. The first-order valence-electron chi connectivity index (χ1n) is 9.07. The van der Waals surface area contributed by atoms with E-state index in [0.29, 0.717) is 6.04 Å². The minimum Gasteiger partial charge on any atom is -0.355 e. The van der Waals surface area contributed by atoms with Crippen molar-refractivity contribution in [2.45, 2.75) is 49.9 Å². The van der Waals surface area contributed by atoms with Crippen LogP contribution < -0.4 is 0 Å². The average molecular weight is 321 g/mol. The summed E-state index contributed by atoms with van der Waals surface area (Å²) in [6.45, 7) is 2.24. The minimum absolute atomic E-state index is 0.117. The van der Waals surface area contributed by atoms with Crippen molar-refractivity contribution in [3.63, 3.8) is 0 Å². The van der Waals surface area contributed by atoms with Gasteiger partial charge in [-0.25, -0.2) is 0 Å². The third-order valence-electron chi connectivity index (χ3n) is 6.15. The molecule has 126 valence electrons. The lowest BCUT2D eigenvalue weighted by atomic mass is 9.76. The van der Waals surface area contributed by atoms with Gasteiger partial charge in [-0.1, -0.05) is 54.6 Å². The lowest BCUT2D eigenvalue weighted by Crippen LogP contribution is -2.40. The van der Waals surface area contributed by atoms with E-state index >= 15 is 0 Å². The fraction of sp³-hybridized carbons (Fsp3) is 0.455. The van der Waals surface area contributed by atoms with Crippen molar-refractivity contribution in [2.24, 2.45) is 0 Å². The Morgan fingerprint density at radius 3 is 2.08 bits per heavy atom. The molecule has 1 heterocycles. The normalized spacial score (nSPS) is 32.2. The van der Waals surface area contributed by atoms with Gasteiger partial charge in [0.15, 0.2) is 0 Å². The van der Waals surface area contributed by atoms with E-state index in [2.05, 4.69) is 80.5 Å². The van der Waals surface area contributed by atoms with Gasteiger partial charge in [0, 0.05) is 6.04 Å². The summed E-state index contributed by atoms with van der Waals surface area (Å²) in [6.07, 6.45) is 4.61. The topological polar surface area (TPSA) is 12.5 Å². The van der Waals surface area contributed by atoms with Gasteiger partial charge in [-0.15, -0.1) is 0 Å². The Balaban J connectivity index is 1.75. The molecule has 0 bridgehead atoms. The number of fused-ring (bicyclic) bond motifs is 2. The van der Waals surface area contributed by atoms with Crippen molar-refractivity contribution < 1.29 is 4.74 Å². The highest BCUT2D eigenvalue weighted by Gasteiger charge is 2.52. The van der Waals surface area contributed by atoms with Crippen molar-refractivity contribution in [1.82, 2.24) is 4.90 Å². The van der Waals surface area contributed by atoms with Crippen LogP contribution in [0.5, 0.6) is 0 Å². The molecule has 1 aliphatic heterocycles. The molecule has 0 aromatic heterocycles. The van der Waals surface area contributed by atoms with Crippen LogP contribution in [-0.4, -0.2) is 25.0 Å². The number of hydrogen-bond donors (Lipinski definition) is 0.